The molecule has 1 aromatic carbocycles. The second-order valence-corrected chi connectivity index (χ2v) is 9.03. The third-order valence-electron chi connectivity index (χ3n) is 4.07. The molecule has 0 radical (unpaired) electrons. The van der Waals surface area contributed by atoms with E-state index in [1.54, 1.807) is 12.1 Å². The molecular weight excluding hydrogens is 447 g/mol. The molecule has 0 amide bonds. The lowest BCUT2D eigenvalue weighted by atomic mass is 10.2. The Bertz CT molecular complexity index is 1140. The molecular formula is C18H15Cl3N2O4S. The van der Waals surface area contributed by atoms with Gasteiger partial charge >= 0.3 is 5.97 Å². The number of methoxy groups -OCH3 is 1. The average Bonchev–Trinajstić information content (AvgIpc) is 2.98. The first-order valence-electron chi connectivity index (χ1n) is 8.18. The van der Waals surface area contributed by atoms with Crippen LogP contribution in [0.5, 0.6) is 0 Å². The maximum atomic E-state index is 13.4. The number of hydrogen-bond donors (Lipinski definition) is 0. The van der Waals surface area contributed by atoms with Crippen LogP contribution in [0.3, 0.4) is 0 Å². The minimum Gasteiger partial charge on any atom is -0.469 e. The maximum absolute atomic E-state index is 13.4. The number of carbonyl (C=O) groups is 1. The standard InChI is InChI=1S/C18H15Cl3N2O4S/c1-27-18(24)4-2-3-13-10-15-16(5-6-17(21)22-15)23(13)28(25,26)14-8-11(19)7-12(20)9-14/h5-10H,2-4H2,1H3. The molecule has 6 nitrogen and oxygen atoms in total. The summed E-state index contributed by atoms with van der Waals surface area (Å²) in [7, 11) is -2.71. The fraction of sp³-hybridized carbons (Fsp3) is 0.222. The third kappa shape index (κ3) is 4.27. The molecule has 2 heterocycles. The minimum atomic E-state index is -4.02. The predicted molar refractivity (Wildman–Crippen MR) is 109 cm³/mol. The quantitative estimate of drug-likeness (QED) is 0.392. The Morgan fingerprint density at radius 3 is 2.43 bits per heavy atom. The van der Waals surface area contributed by atoms with E-state index in [9.17, 15) is 13.2 Å². The van der Waals surface area contributed by atoms with Crippen LogP contribution >= 0.6 is 34.8 Å². The van der Waals surface area contributed by atoms with E-state index in [0.29, 0.717) is 29.6 Å². The topological polar surface area (TPSA) is 78.3 Å². The van der Waals surface area contributed by atoms with E-state index in [2.05, 4.69) is 9.72 Å². The average molecular weight is 462 g/mol. The molecule has 0 aliphatic rings. The van der Waals surface area contributed by atoms with Crippen molar-refractivity contribution in [3.63, 3.8) is 0 Å². The van der Waals surface area contributed by atoms with E-state index < -0.39 is 10.0 Å². The highest BCUT2D eigenvalue weighted by atomic mass is 35.5. The lowest BCUT2D eigenvalue weighted by Crippen LogP contribution is -2.16. The molecule has 0 unspecified atom stereocenters. The summed E-state index contributed by atoms with van der Waals surface area (Å²) in [5, 5.41) is 0.654. The molecule has 0 N–H and O–H groups in total. The molecule has 2 aromatic heterocycles. The number of rotatable bonds is 6. The molecule has 0 saturated heterocycles. The summed E-state index contributed by atoms with van der Waals surface area (Å²) >= 11 is 17.9. The van der Waals surface area contributed by atoms with E-state index >= 15 is 0 Å². The largest absolute Gasteiger partial charge is 0.469 e. The highest BCUT2D eigenvalue weighted by Gasteiger charge is 2.24. The summed E-state index contributed by atoms with van der Waals surface area (Å²) in [6, 6.07) is 8.85. The van der Waals surface area contributed by atoms with Crippen LogP contribution in [0.25, 0.3) is 11.0 Å². The van der Waals surface area contributed by atoms with Gasteiger partial charge in [0, 0.05) is 22.2 Å². The number of esters is 1. The van der Waals surface area contributed by atoms with Gasteiger partial charge in [-0.1, -0.05) is 34.8 Å². The third-order valence-corrected chi connectivity index (χ3v) is 6.46. The SMILES string of the molecule is COC(=O)CCCc1cc2nc(Cl)ccc2n1S(=O)(=O)c1cc(Cl)cc(Cl)c1. The number of hydrogen-bond acceptors (Lipinski definition) is 5. The highest BCUT2D eigenvalue weighted by Crippen LogP contribution is 2.29. The molecule has 0 atom stereocenters. The van der Waals surface area contributed by atoms with Gasteiger partial charge in [-0.05, 0) is 49.2 Å². The van der Waals surface area contributed by atoms with Gasteiger partial charge in [0.2, 0.25) is 0 Å². The number of pyridine rings is 1. The van der Waals surface area contributed by atoms with Crippen molar-refractivity contribution in [2.75, 3.05) is 7.11 Å². The van der Waals surface area contributed by atoms with E-state index in [-0.39, 0.29) is 32.5 Å². The second-order valence-electron chi connectivity index (χ2n) is 5.98. The van der Waals surface area contributed by atoms with Crippen LogP contribution in [0.2, 0.25) is 15.2 Å². The van der Waals surface area contributed by atoms with Crippen LogP contribution in [0.4, 0.5) is 0 Å². The molecule has 10 heteroatoms. The Morgan fingerprint density at radius 1 is 1.11 bits per heavy atom. The molecule has 0 saturated carbocycles. The fourth-order valence-electron chi connectivity index (χ4n) is 2.85. The molecule has 3 aromatic rings. The Hall–Kier alpha value is -1.80. The van der Waals surface area contributed by atoms with Crippen molar-refractivity contribution in [3.8, 4) is 0 Å². The summed E-state index contributed by atoms with van der Waals surface area (Å²) in [6.07, 6.45) is 0.883. The van der Waals surface area contributed by atoms with Crippen LogP contribution in [0, 0.1) is 0 Å². The van der Waals surface area contributed by atoms with Gasteiger partial charge in [-0.15, -0.1) is 0 Å². The molecule has 0 bridgehead atoms. The summed E-state index contributed by atoms with van der Waals surface area (Å²) in [4.78, 5) is 15.5. The zero-order valence-electron chi connectivity index (χ0n) is 14.7. The van der Waals surface area contributed by atoms with Gasteiger partial charge in [-0.25, -0.2) is 17.4 Å². The number of halogens is 3. The smallest absolute Gasteiger partial charge is 0.305 e. The molecule has 28 heavy (non-hydrogen) atoms. The van der Waals surface area contributed by atoms with Crippen LogP contribution < -0.4 is 0 Å². The Kier molecular flexibility index (Phi) is 6.19. The minimum absolute atomic E-state index is 0.0494. The summed E-state index contributed by atoms with van der Waals surface area (Å²) < 4.78 is 32.5. The van der Waals surface area contributed by atoms with Crippen molar-refractivity contribution in [3.05, 3.63) is 57.3 Å². The summed E-state index contributed by atoms with van der Waals surface area (Å²) in [5.41, 5.74) is 1.26. The van der Waals surface area contributed by atoms with Crippen molar-refractivity contribution in [1.82, 2.24) is 8.96 Å². The van der Waals surface area contributed by atoms with Crippen LogP contribution in [-0.4, -0.2) is 30.5 Å². The van der Waals surface area contributed by atoms with Gasteiger partial charge in [0.05, 0.1) is 23.0 Å². The molecule has 0 fully saturated rings. The van der Waals surface area contributed by atoms with Gasteiger partial charge in [-0.3, -0.25) is 4.79 Å². The molecule has 3 rings (SSSR count). The van der Waals surface area contributed by atoms with Crippen molar-refractivity contribution in [1.29, 1.82) is 0 Å². The number of benzene rings is 1. The summed E-state index contributed by atoms with van der Waals surface area (Å²) in [6.45, 7) is 0. The Balaban J connectivity index is 2.14. The number of nitrogens with zero attached hydrogens (tertiary/aromatic N) is 2. The highest BCUT2D eigenvalue weighted by molar-refractivity contribution is 7.90. The fourth-order valence-corrected chi connectivity index (χ4v) is 5.29. The second kappa shape index (κ2) is 8.29. The van der Waals surface area contributed by atoms with Crippen molar-refractivity contribution < 1.29 is 17.9 Å². The zero-order chi connectivity index (χ0) is 20.5. The Labute approximate surface area is 177 Å². The predicted octanol–water partition coefficient (Wildman–Crippen LogP) is 4.73. The van der Waals surface area contributed by atoms with Gasteiger partial charge in [0.25, 0.3) is 10.0 Å². The van der Waals surface area contributed by atoms with Crippen LogP contribution in [0.15, 0.2) is 41.3 Å². The van der Waals surface area contributed by atoms with Gasteiger partial charge in [0.1, 0.15) is 5.15 Å². The zero-order valence-corrected chi connectivity index (χ0v) is 17.7. The van der Waals surface area contributed by atoms with E-state index in [1.807, 2.05) is 0 Å². The van der Waals surface area contributed by atoms with E-state index in [1.165, 1.54) is 35.3 Å². The normalized spacial score (nSPS) is 11.7. The molecule has 148 valence electrons. The summed E-state index contributed by atoms with van der Waals surface area (Å²) in [5.74, 6) is -0.367. The molecule has 0 aliphatic carbocycles. The number of fused-ring (bicyclic) bond motifs is 1. The Morgan fingerprint density at radius 2 is 1.79 bits per heavy atom. The van der Waals surface area contributed by atoms with Crippen LogP contribution in [-0.2, 0) is 26.0 Å². The van der Waals surface area contributed by atoms with Crippen molar-refractivity contribution in [2.24, 2.45) is 0 Å². The van der Waals surface area contributed by atoms with Gasteiger partial charge in [-0.2, -0.15) is 0 Å². The van der Waals surface area contributed by atoms with Crippen LogP contribution in [0.1, 0.15) is 18.5 Å². The first-order valence-corrected chi connectivity index (χ1v) is 10.7. The number of carbonyl (C=O) groups excluding carboxylic acids is 1. The van der Waals surface area contributed by atoms with Crippen molar-refractivity contribution in [2.45, 2.75) is 24.2 Å². The lowest BCUT2D eigenvalue weighted by molar-refractivity contribution is -0.140. The monoisotopic (exact) mass is 460 g/mol. The number of aromatic nitrogens is 2. The van der Waals surface area contributed by atoms with Gasteiger partial charge < -0.3 is 4.74 Å². The first kappa shape index (κ1) is 20.9. The lowest BCUT2D eigenvalue weighted by Gasteiger charge is -2.12. The van der Waals surface area contributed by atoms with E-state index in [0.717, 1.165) is 0 Å². The van der Waals surface area contributed by atoms with Crippen molar-refractivity contribution >= 4 is 61.8 Å². The molecule has 0 spiro atoms. The van der Waals surface area contributed by atoms with Gasteiger partial charge in [0.15, 0.2) is 0 Å². The number of ether oxygens (including phenoxy) is 1. The number of aryl methyl sites for hydroxylation is 1. The molecule has 0 aliphatic heterocycles. The maximum Gasteiger partial charge on any atom is 0.305 e. The first-order chi connectivity index (χ1) is 13.2. The van der Waals surface area contributed by atoms with E-state index in [4.69, 9.17) is 34.8 Å².